The Labute approximate surface area is 302 Å². The predicted molar refractivity (Wildman–Crippen MR) is 208 cm³/mol. The van der Waals surface area contributed by atoms with Gasteiger partial charge < -0.3 is 21.1 Å². The highest BCUT2D eigenvalue weighted by Gasteiger charge is 2.62. The second-order valence-corrected chi connectivity index (χ2v) is 17.5. The number of rotatable bonds is 19. The van der Waals surface area contributed by atoms with E-state index in [1.165, 1.54) is 102 Å². The van der Waals surface area contributed by atoms with E-state index in [0.717, 1.165) is 75.7 Å². The first-order valence-electron chi connectivity index (χ1n) is 21.2. The van der Waals surface area contributed by atoms with Crippen molar-refractivity contribution in [1.29, 1.82) is 0 Å². The van der Waals surface area contributed by atoms with Gasteiger partial charge in [0.15, 0.2) is 0 Å². The fraction of sp³-hybridized carbons (Fsp3) is 0.822. The van der Waals surface area contributed by atoms with Crippen LogP contribution in [0.15, 0.2) is 30.3 Å². The van der Waals surface area contributed by atoms with Gasteiger partial charge in [-0.1, -0.05) is 64.4 Å². The highest BCUT2D eigenvalue weighted by Crippen LogP contribution is 2.68. The van der Waals surface area contributed by atoms with Crippen molar-refractivity contribution < 1.29 is 5.11 Å². The molecule has 0 radical (unpaired) electrons. The molecule has 4 heteroatoms. The number of hydrogen-bond acceptors (Lipinski definition) is 4. The van der Waals surface area contributed by atoms with E-state index in [2.05, 4.69) is 85.8 Å². The monoisotopic (exact) mass is 674 g/mol. The zero-order valence-electron chi connectivity index (χ0n) is 32.2. The van der Waals surface area contributed by atoms with E-state index in [0.29, 0.717) is 28.7 Å². The molecular weight excluding hydrogens is 599 g/mol. The van der Waals surface area contributed by atoms with E-state index in [1.54, 1.807) is 0 Å². The van der Waals surface area contributed by atoms with Gasteiger partial charge in [0, 0.05) is 18.9 Å². The van der Waals surface area contributed by atoms with Crippen LogP contribution >= 0.6 is 0 Å². The molecule has 4 fully saturated rings. The van der Waals surface area contributed by atoms with Gasteiger partial charge in [-0.3, -0.25) is 0 Å². The molecule has 4 aliphatic carbocycles. The maximum absolute atomic E-state index is 11.9. The van der Waals surface area contributed by atoms with Crippen LogP contribution in [0.5, 0.6) is 0 Å². The molecule has 0 heterocycles. The molecule has 0 aromatic heterocycles. The Hall–Kier alpha value is -1.38. The highest BCUT2D eigenvalue weighted by atomic mass is 16.3. The quantitative estimate of drug-likeness (QED) is 0.0874. The number of aliphatic hydroxyl groups excluding tert-OH is 1. The summed E-state index contributed by atoms with van der Waals surface area (Å²) in [4.78, 5) is 0. The van der Waals surface area contributed by atoms with Crippen molar-refractivity contribution in [2.45, 2.75) is 155 Å². The van der Waals surface area contributed by atoms with Crippen molar-refractivity contribution in [2.24, 2.45) is 46.3 Å². The molecule has 0 amide bonds. The number of hydrogen-bond donors (Lipinski definition) is 4. The molecule has 276 valence electrons. The molecule has 1 aromatic carbocycles. The zero-order valence-corrected chi connectivity index (χ0v) is 32.2. The standard InChI is InChI=1S/C45H75N3O/c1-5-6-7-8-9-13-28-46-29-14-15-30-47-31-17-32-48-38-24-26-44(3)37(33-38)34-42(49)43-40-23-22-39(45(40,4)27-25-41(43)44)35(2)18-16-21-36-19-11-10-12-20-36/h10-12,19-20,35,37-43,46-49H,5,8-9,13-18,21-34H2,1-4H3. The van der Waals surface area contributed by atoms with E-state index in [4.69, 9.17) is 0 Å². The van der Waals surface area contributed by atoms with E-state index in [9.17, 15) is 5.11 Å². The molecule has 0 aliphatic heterocycles. The lowest BCUT2D eigenvalue weighted by atomic mass is 9.43. The molecule has 0 spiro atoms. The van der Waals surface area contributed by atoms with Gasteiger partial charge >= 0.3 is 0 Å². The van der Waals surface area contributed by atoms with Gasteiger partial charge in [-0.25, -0.2) is 0 Å². The molecular formula is C45H75N3O. The van der Waals surface area contributed by atoms with Crippen molar-refractivity contribution >= 4 is 0 Å². The third kappa shape index (κ3) is 10.2. The smallest absolute Gasteiger partial charge is 0.0577 e. The lowest BCUT2D eigenvalue weighted by Crippen LogP contribution is -2.59. The normalized spacial score (nSPS) is 34.3. The Bertz CT molecular complexity index is 1140. The third-order valence-electron chi connectivity index (χ3n) is 14.5. The van der Waals surface area contributed by atoms with E-state index < -0.39 is 0 Å². The molecule has 4 saturated carbocycles. The van der Waals surface area contributed by atoms with Crippen molar-refractivity contribution in [2.75, 3.05) is 32.7 Å². The van der Waals surface area contributed by atoms with Crippen LogP contribution in [-0.2, 0) is 6.42 Å². The van der Waals surface area contributed by atoms with Crippen LogP contribution in [0.2, 0.25) is 0 Å². The minimum atomic E-state index is -0.0941. The predicted octanol–water partition coefficient (Wildman–Crippen LogP) is 9.17. The number of aliphatic hydroxyl groups is 1. The maximum atomic E-state index is 11.9. The summed E-state index contributed by atoms with van der Waals surface area (Å²) in [6.45, 7) is 15.6. The van der Waals surface area contributed by atoms with Gasteiger partial charge in [0.1, 0.15) is 0 Å². The van der Waals surface area contributed by atoms with Gasteiger partial charge in [-0.2, -0.15) is 0 Å². The molecule has 4 nitrogen and oxygen atoms in total. The summed E-state index contributed by atoms with van der Waals surface area (Å²) in [5.41, 5.74) is 2.33. The second-order valence-electron chi connectivity index (χ2n) is 17.5. The average molecular weight is 674 g/mol. The second kappa shape index (κ2) is 19.5. The van der Waals surface area contributed by atoms with Crippen LogP contribution in [-0.4, -0.2) is 50.0 Å². The van der Waals surface area contributed by atoms with Crippen LogP contribution in [0.25, 0.3) is 0 Å². The van der Waals surface area contributed by atoms with E-state index in [-0.39, 0.29) is 6.10 Å². The average Bonchev–Trinajstić information content (AvgIpc) is 3.46. The Morgan fingerprint density at radius 1 is 0.776 bits per heavy atom. The number of benzene rings is 1. The van der Waals surface area contributed by atoms with Crippen molar-refractivity contribution in [1.82, 2.24) is 16.0 Å². The highest BCUT2D eigenvalue weighted by molar-refractivity contribution is 5.15. The first kappa shape index (κ1) is 38.8. The molecule has 4 aliphatic rings. The maximum Gasteiger partial charge on any atom is 0.0577 e. The summed E-state index contributed by atoms with van der Waals surface area (Å²) >= 11 is 0. The van der Waals surface area contributed by atoms with E-state index >= 15 is 0 Å². The summed E-state index contributed by atoms with van der Waals surface area (Å²) in [5.74, 6) is 10.7. The van der Waals surface area contributed by atoms with E-state index in [1.807, 2.05) is 0 Å². The SMILES string of the molecule is CCC#CCCCCNCCCCNCCCNC1CCC2(C)C(C1)CC(O)C1C2CCC2(C)C(C(C)CCCc3ccccc3)CCC12. The summed E-state index contributed by atoms with van der Waals surface area (Å²) in [5, 5.41) is 23.1. The third-order valence-corrected chi connectivity index (χ3v) is 14.5. The summed E-state index contributed by atoms with van der Waals surface area (Å²) < 4.78 is 0. The van der Waals surface area contributed by atoms with Crippen molar-refractivity contribution in [3.8, 4) is 11.8 Å². The molecule has 0 bridgehead atoms. The number of fused-ring (bicyclic) bond motifs is 5. The fourth-order valence-corrected chi connectivity index (χ4v) is 11.8. The molecule has 5 rings (SSSR count). The topological polar surface area (TPSA) is 56.3 Å². The van der Waals surface area contributed by atoms with Gasteiger partial charge in [0.25, 0.3) is 0 Å². The Balaban J connectivity index is 0.972. The van der Waals surface area contributed by atoms with Crippen LogP contribution < -0.4 is 16.0 Å². The summed E-state index contributed by atoms with van der Waals surface area (Å²) in [6.07, 6.45) is 22.4. The fourth-order valence-electron chi connectivity index (χ4n) is 11.8. The number of nitrogens with one attached hydrogen (secondary N) is 3. The van der Waals surface area contributed by atoms with Crippen LogP contribution in [0.4, 0.5) is 0 Å². The van der Waals surface area contributed by atoms with Crippen LogP contribution in [0, 0.1) is 58.2 Å². The minimum absolute atomic E-state index is 0.0941. The molecule has 10 unspecified atom stereocenters. The molecule has 49 heavy (non-hydrogen) atoms. The molecule has 0 saturated heterocycles. The molecule has 4 N–H and O–H groups in total. The number of aryl methyl sites for hydroxylation is 1. The first-order valence-corrected chi connectivity index (χ1v) is 21.2. The van der Waals surface area contributed by atoms with Gasteiger partial charge in [-0.15, -0.1) is 11.8 Å². The molecule has 10 atom stereocenters. The van der Waals surface area contributed by atoms with Crippen molar-refractivity contribution in [3.63, 3.8) is 0 Å². The van der Waals surface area contributed by atoms with Gasteiger partial charge in [-0.05, 0) is 181 Å². The lowest BCUT2D eigenvalue weighted by Gasteiger charge is -2.62. The van der Waals surface area contributed by atoms with Crippen molar-refractivity contribution in [3.05, 3.63) is 35.9 Å². The van der Waals surface area contributed by atoms with Gasteiger partial charge in [0.2, 0.25) is 0 Å². The Morgan fingerprint density at radius 3 is 2.22 bits per heavy atom. The number of unbranched alkanes of at least 4 members (excludes halogenated alkanes) is 3. The Morgan fingerprint density at radius 2 is 1.47 bits per heavy atom. The zero-order chi connectivity index (χ0) is 34.5. The van der Waals surface area contributed by atoms with Crippen LogP contribution in [0.3, 0.4) is 0 Å². The summed E-state index contributed by atoms with van der Waals surface area (Å²) in [6, 6.07) is 11.7. The van der Waals surface area contributed by atoms with Gasteiger partial charge in [0.05, 0.1) is 6.10 Å². The minimum Gasteiger partial charge on any atom is -0.393 e. The first-order chi connectivity index (χ1) is 23.9. The largest absolute Gasteiger partial charge is 0.393 e. The Kier molecular flexibility index (Phi) is 15.4. The summed E-state index contributed by atoms with van der Waals surface area (Å²) in [7, 11) is 0. The molecule has 1 aromatic rings. The lowest BCUT2D eigenvalue weighted by molar-refractivity contribution is -0.167. The van der Waals surface area contributed by atoms with Crippen LogP contribution in [0.1, 0.15) is 142 Å².